The van der Waals surface area contributed by atoms with Crippen LogP contribution in [-0.4, -0.2) is 140 Å². The van der Waals surface area contributed by atoms with Gasteiger partial charge >= 0.3 is 0 Å². The van der Waals surface area contributed by atoms with Gasteiger partial charge < -0.3 is 65.1 Å². The predicted octanol–water partition coefficient (Wildman–Crippen LogP) is 8.27. The molecule has 2 heterocycles. The number of amides is 1. The Morgan fingerprint density at radius 3 is 1.45 bits per heavy atom. The normalized spacial score (nSPS) is 26.4. The molecule has 0 spiro atoms. The van der Waals surface area contributed by atoms with Gasteiger partial charge in [0.25, 0.3) is 0 Å². The smallest absolute Gasteiger partial charge is 0.220 e. The standard InChI is InChI=1S/C55H101NO13/c1-3-5-7-9-11-13-14-15-16-17-18-19-20-21-22-23-24-25-26-27-28-29-30-31-33-35-37-39-47(60)56-43(44(59)38-36-34-32-12-10-8-6-4-2)42-66-54-52(65)50(63)53(46(41-58)68-54)69-55-51(64)49(62)48(61)45(40-57)67-55/h14-15,17-18,36,38,43-46,48-55,57-59,61-65H,3-13,16,19-35,37,39-42H2,1-2H3,(H,56,60)/b15-14-,18-17-,38-36+. The molecule has 12 atom stereocenters. The third-order valence-corrected chi connectivity index (χ3v) is 13.6. The highest BCUT2D eigenvalue weighted by atomic mass is 16.7. The average Bonchev–Trinajstić information content (AvgIpc) is 3.35. The Kier molecular flexibility index (Phi) is 38.2. The van der Waals surface area contributed by atoms with Gasteiger partial charge in [-0.1, -0.05) is 192 Å². The van der Waals surface area contributed by atoms with Crippen LogP contribution in [0.25, 0.3) is 0 Å². The SMILES string of the molecule is CCCCCCC/C=C\C/C=C\CCCCCCCCCCCCCCCCCC(=O)NC(COC1OC(CO)C(OC2OC(CO)C(O)C(O)C2O)C(O)C1O)C(O)/C=C/CCCCCCCC. The molecule has 14 nitrogen and oxygen atoms in total. The highest BCUT2D eigenvalue weighted by Gasteiger charge is 2.51. The number of hydrogen-bond acceptors (Lipinski definition) is 13. The van der Waals surface area contributed by atoms with Gasteiger partial charge in [0.05, 0.1) is 32.0 Å². The zero-order valence-electron chi connectivity index (χ0n) is 43.1. The highest BCUT2D eigenvalue weighted by Crippen LogP contribution is 2.30. The molecule has 9 N–H and O–H groups in total. The molecule has 14 heteroatoms. The molecule has 12 unspecified atom stereocenters. The lowest BCUT2D eigenvalue weighted by Crippen LogP contribution is -2.65. The van der Waals surface area contributed by atoms with E-state index >= 15 is 0 Å². The molecule has 0 bridgehead atoms. The number of carbonyl (C=O) groups excluding carboxylic acids is 1. The van der Waals surface area contributed by atoms with Crippen LogP contribution in [0.1, 0.15) is 213 Å². The lowest BCUT2D eigenvalue weighted by Gasteiger charge is -2.46. The lowest BCUT2D eigenvalue weighted by atomic mass is 9.97. The summed E-state index contributed by atoms with van der Waals surface area (Å²) in [7, 11) is 0. The zero-order valence-corrected chi connectivity index (χ0v) is 43.1. The Hall–Kier alpha value is -1.79. The molecule has 0 aromatic rings. The van der Waals surface area contributed by atoms with Crippen LogP contribution >= 0.6 is 0 Å². The molecule has 69 heavy (non-hydrogen) atoms. The van der Waals surface area contributed by atoms with Crippen molar-refractivity contribution in [2.24, 2.45) is 0 Å². The molecule has 2 aliphatic heterocycles. The summed E-state index contributed by atoms with van der Waals surface area (Å²) in [6.45, 7) is 2.73. The second-order valence-electron chi connectivity index (χ2n) is 19.7. The van der Waals surface area contributed by atoms with Gasteiger partial charge in [-0.3, -0.25) is 4.79 Å². The first kappa shape index (κ1) is 63.3. The van der Waals surface area contributed by atoms with Crippen LogP contribution < -0.4 is 5.32 Å². The predicted molar refractivity (Wildman–Crippen MR) is 272 cm³/mol. The van der Waals surface area contributed by atoms with Crippen molar-refractivity contribution in [2.45, 2.75) is 286 Å². The van der Waals surface area contributed by atoms with E-state index in [1.54, 1.807) is 6.08 Å². The van der Waals surface area contributed by atoms with Crippen LogP contribution in [0, 0.1) is 0 Å². The molecule has 2 aliphatic rings. The van der Waals surface area contributed by atoms with E-state index in [9.17, 15) is 45.6 Å². The largest absolute Gasteiger partial charge is 0.394 e. The molecule has 0 radical (unpaired) electrons. The lowest BCUT2D eigenvalue weighted by molar-refractivity contribution is -0.359. The van der Waals surface area contributed by atoms with Crippen LogP contribution in [-0.2, 0) is 23.7 Å². The zero-order chi connectivity index (χ0) is 50.3. The van der Waals surface area contributed by atoms with Crippen molar-refractivity contribution in [1.29, 1.82) is 0 Å². The molecule has 1 amide bonds. The number of aliphatic hydroxyl groups is 8. The third kappa shape index (κ3) is 28.3. The number of carbonyl (C=O) groups is 1. The van der Waals surface area contributed by atoms with Crippen LogP contribution in [0.3, 0.4) is 0 Å². The van der Waals surface area contributed by atoms with Gasteiger partial charge in [0.15, 0.2) is 12.6 Å². The molecule has 0 saturated carbocycles. The number of hydrogen-bond donors (Lipinski definition) is 9. The minimum absolute atomic E-state index is 0.243. The Bertz CT molecular complexity index is 1300. The van der Waals surface area contributed by atoms with E-state index in [2.05, 4.69) is 43.5 Å². The van der Waals surface area contributed by atoms with Gasteiger partial charge in [0.2, 0.25) is 5.91 Å². The van der Waals surface area contributed by atoms with Gasteiger partial charge in [0, 0.05) is 6.42 Å². The summed E-state index contributed by atoms with van der Waals surface area (Å²) in [6.07, 6.45) is 32.2. The maximum absolute atomic E-state index is 13.2. The van der Waals surface area contributed by atoms with Crippen molar-refractivity contribution >= 4 is 5.91 Å². The van der Waals surface area contributed by atoms with E-state index < -0.39 is 86.8 Å². The second kappa shape index (κ2) is 41.7. The quantitative estimate of drug-likeness (QED) is 0.0207. The third-order valence-electron chi connectivity index (χ3n) is 13.6. The maximum Gasteiger partial charge on any atom is 0.220 e. The van der Waals surface area contributed by atoms with Crippen LogP contribution in [0.15, 0.2) is 36.5 Å². The molecular weight excluding hydrogens is 883 g/mol. The molecule has 0 aliphatic carbocycles. The van der Waals surface area contributed by atoms with Crippen molar-refractivity contribution < 1.29 is 64.6 Å². The second-order valence-corrected chi connectivity index (χ2v) is 19.7. The summed E-state index contributed by atoms with van der Waals surface area (Å²) < 4.78 is 22.7. The highest BCUT2D eigenvalue weighted by molar-refractivity contribution is 5.76. The van der Waals surface area contributed by atoms with Crippen molar-refractivity contribution in [3.8, 4) is 0 Å². The van der Waals surface area contributed by atoms with Gasteiger partial charge in [-0.15, -0.1) is 0 Å². The van der Waals surface area contributed by atoms with Gasteiger partial charge in [-0.05, 0) is 51.4 Å². The first-order valence-corrected chi connectivity index (χ1v) is 27.7. The van der Waals surface area contributed by atoms with Crippen molar-refractivity contribution in [1.82, 2.24) is 5.32 Å². The van der Waals surface area contributed by atoms with E-state index in [0.29, 0.717) is 6.42 Å². The fraction of sp³-hybridized carbons (Fsp3) is 0.873. The molecule has 0 aromatic carbocycles. The number of allylic oxidation sites excluding steroid dienone is 5. The summed E-state index contributed by atoms with van der Waals surface area (Å²) in [5.74, 6) is -0.243. The van der Waals surface area contributed by atoms with Crippen LogP contribution in [0.4, 0.5) is 0 Å². The van der Waals surface area contributed by atoms with Crippen molar-refractivity contribution in [3.63, 3.8) is 0 Å². The minimum Gasteiger partial charge on any atom is -0.394 e. The fourth-order valence-corrected chi connectivity index (χ4v) is 9.03. The van der Waals surface area contributed by atoms with E-state index in [1.807, 2.05) is 6.08 Å². The molecule has 404 valence electrons. The topological polar surface area (TPSA) is 228 Å². The summed E-state index contributed by atoms with van der Waals surface area (Å²) >= 11 is 0. The first-order valence-electron chi connectivity index (χ1n) is 27.7. The molecule has 2 saturated heterocycles. The number of ether oxygens (including phenoxy) is 4. The average molecular weight is 984 g/mol. The Morgan fingerprint density at radius 2 is 0.957 bits per heavy atom. The van der Waals surface area contributed by atoms with Gasteiger partial charge in [-0.2, -0.15) is 0 Å². The van der Waals surface area contributed by atoms with Crippen LogP contribution in [0.2, 0.25) is 0 Å². The van der Waals surface area contributed by atoms with E-state index in [4.69, 9.17) is 18.9 Å². The van der Waals surface area contributed by atoms with E-state index in [-0.39, 0.29) is 18.9 Å². The van der Waals surface area contributed by atoms with Crippen LogP contribution in [0.5, 0.6) is 0 Å². The maximum atomic E-state index is 13.2. The summed E-state index contributed by atoms with van der Waals surface area (Å²) in [5.41, 5.74) is 0. The first-order chi connectivity index (χ1) is 33.6. The number of unbranched alkanes of at least 4 members (excludes halogenated alkanes) is 26. The number of nitrogens with one attached hydrogen (secondary N) is 1. The summed E-state index contributed by atoms with van der Waals surface area (Å²) in [6, 6.07) is -0.910. The Morgan fingerprint density at radius 1 is 0.522 bits per heavy atom. The number of rotatable bonds is 43. The number of aliphatic hydroxyl groups excluding tert-OH is 8. The molecule has 2 fully saturated rings. The summed E-state index contributed by atoms with van der Waals surface area (Å²) in [4.78, 5) is 13.2. The van der Waals surface area contributed by atoms with Crippen molar-refractivity contribution in [2.75, 3.05) is 19.8 Å². The van der Waals surface area contributed by atoms with Gasteiger partial charge in [0.1, 0.15) is 48.8 Å². The molecule has 0 aromatic heterocycles. The van der Waals surface area contributed by atoms with E-state index in [1.165, 1.54) is 135 Å². The summed E-state index contributed by atoms with van der Waals surface area (Å²) in [5, 5.41) is 86.6. The van der Waals surface area contributed by atoms with E-state index in [0.717, 1.165) is 51.4 Å². The molecule has 2 rings (SSSR count). The minimum atomic E-state index is -1.79. The van der Waals surface area contributed by atoms with Gasteiger partial charge in [-0.25, -0.2) is 0 Å². The monoisotopic (exact) mass is 984 g/mol. The molecular formula is C55H101NO13. The Balaban J connectivity index is 1.66. The Labute approximate surface area is 417 Å². The fourth-order valence-electron chi connectivity index (χ4n) is 9.03. The van der Waals surface area contributed by atoms with Crippen molar-refractivity contribution in [3.05, 3.63) is 36.5 Å².